The molecule has 1 fully saturated rings. The number of carbonyl (C=O) groups is 2. The molecule has 0 unspecified atom stereocenters. The van der Waals surface area contributed by atoms with Crippen LogP contribution in [-0.4, -0.2) is 11.8 Å². The van der Waals surface area contributed by atoms with Crippen LogP contribution in [0.15, 0.2) is 0 Å². The Morgan fingerprint density at radius 3 is 2.64 bits per heavy atom. The molecule has 1 aliphatic heterocycles. The van der Waals surface area contributed by atoms with Gasteiger partial charge in [0.25, 0.3) is 0 Å². The third-order valence-electron chi connectivity index (χ3n) is 2.34. The van der Waals surface area contributed by atoms with Gasteiger partial charge in [-0.3, -0.25) is 14.9 Å². The highest BCUT2D eigenvalue weighted by Crippen LogP contribution is 2.22. The molecule has 2 atom stereocenters. The van der Waals surface area contributed by atoms with E-state index < -0.39 is 0 Å². The van der Waals surface area contributed by atoms with E-state index in [-0.39, 0.29) is 17.7 Å². The first-order valence-electron chi connectivity index (χ1n) is 3.98. The van der Waals surface area contributed by atoms with Gasteiger partial charge in [0.1, 0.15) is 0 Å². The van der Waals surface area contributed by atoms with Crippen molar-refractivity contribution in [3.05, 3.63) is 0 Å². The molecule has 0 aromatic carbocycles. The molecular formula is C8H13NO2. The highest BCUT2D eigenvalue weighted by Gasteiger charge is 2.33. The first-order valence-corrected chi connectivity index (χ1v) is 3.98. The summed E-state index contributed by atoms with van der Waals surface area (Å²) in [6.45, 7) is 4.03. The number of carbonyl (C=O) groups excluding carboxylic acids is 2. The van der Waals surface area contributed by atoms with Crippen LogP contribution in [0.3, 0.4) is 0 Å². The minimum absolute atomic E-state index is 0.0764. The van der Waals surface area contributed by atoms with Gasteiger partial charge >= 0.3 is 0 Å². The fourth-order valence-electron chi connectivity index (χ4n) is 1.32. The molecule has 0 aromatic rings. The molecule has 1 saturated heterocycles. The molecule has 0 bridgehead atoms. The Morgan fingerprint density at radius 2 is 2.27 bits per heavy atom. The molecule has 0 spiro atoms. The zero-order valence-corrected chi connectivity index (χ0v) is 6.89. The molecule has 0 aliphatic carbocycles. The molecule has 0 aromatic heterocycles. The second-order valence-electron chi connectivity index (χ2n) is 3.11. The van der Waals surface area contributed by atoms with Gasteiger partial charge in [-0.25, -0.2) is 0 Å². The Labute approximate surface area is 66.2 Å². The van der Waals surface area contributed by atoms with Gasteiger partial charge in [-0.15, -0.1) is 0 Å². The predicted octanol–water partition coefficient (Wildman–Crippen LogP) is 0.695. The summed E-state index contributed by atoms with van der Waals surface area (Å²) in [5.41, 5.74) is 0. The van der Waals surface area contributed by atoms with E-state index in [2.05, 4.69) is 5.32 Å². The van der Waals surface area contributed by atoms with Crippen molar-refractivity contribution < 1.29 is 9.59 Å². The molecule has 2 amide bonds. The van der Waals surface area contributed by atoms with Crippen LogP contribution in [0.5, 0.6) is 0 Å². The standard InChI is InChI=1S/C8H13NO2/c1-3-5(2)6-4-7(10)9-8(6)11/h5-6H,3-4H2,1-2H3,(H,9,10,11)/t5-,6-/m1/s1. The molecule has 1 rings (SSSR count). The van der Waals surface area contributed by atoms with Gasteiger partial charge in [-0.2, -0.15) is 0 Å². The molecule has 3 nitrogen and oxygen atoms in total. The summed E-state index contributed by atoms with van der Waals surface area (Å²) in [6, 6.07) is 0. The van der Waals surface area contributed by atoms with Crippen LogP contribution < -0.4 is 5.32 Å². The summed E-state index contributed by atoms with van der Waals surface area (Å²) in [5.74, 6) is 0.0265. The summed E-state index contributed by atoms with van der Waals surface area (Å²) in [6.07, 6.45) is 1.33. The minimum atomic E-state index is -0.125. The number of amides is 2. The van der Waals surface area contributed by atoms with Crippen molar-refractivity contribution >= 4 is 11.8 Å². The molecule has 0 radical (unpaired) electrons. The Hall–Kier alpha value is -0.860. The van der Waals surface area contributed by atoms with E-state index in [0.717, 1.165) is 6.42 Å². The molecule has 62 valence electrons. The fraction of sp³-hybridized carbons (Fsp3) is 0.750. The monoisotopic (exact) mass is 155 g/mol. The number of hydrogen-bond acceptors (Lipinski definition) is 2. The van der Waals surface area contributed by atoms with Crippen molar-refractivity contribution in [2.24, 2.45) is 11.8 Å². The van der Waals surface area contributed by atoms with Gasteiger partial charge in [0.05, 0.1) is 0 Å². The van der Waals surface area contributed by atoms with E-state index in [0.29, 0.717) is 12.3 Å². The summed E-state index contributed by atoms with van der Waals surface area (Å²) in [7, 11) is 0. The number of nitrogens with one attached hydrogen (secondary N) is 1. The van der Waals surface area contributed by atoms with Crippen LogP contribution in [0, 0.1) is 11.8 Å². The summed E-state index contributed by atoms with van der Waals surface area (Å²) < 4.78 is 0. The maximum Gasteiger partial charge on any atom is 0.230 e. The maximum absolute atomic E-state index is 11.1. The van der Waals surface area contributed by atoms with Crippen LogP contribution in [0.1, 0.15) is 26.7 Å². The molecule has 1 aliphatic rings. The Kier molecular flexibility index (Phi) is 2.27. The highest BCUT2D eigenvalue weighted by molar-refractivity contribution is 6.03. The van der Waals surface area contributed by atoms with E-state index in [9.17, 15) is 9.59 Å². The zero-order valence-electron chi connectivity index (χ0n) is 6.89. The maximum atomic E-state index is 11.1. The van der Waals surface area contributed by atoms with Crippen LogP contribution >= 0.6 is 0 Å². The molecule has 11 heavy (non-hydrogen) atoms. The van der Waals surface area contributed by atoms with Gasteiger partial charge in [-0.1, -0.05) is 20.3 Å². The Bertz CT molecular complexity index is 189. The third-order valence-corrected chi connectivity index (χ3v) is 2.34. The lowest BCUT2D eigenvalue weighted by atomic mass is 9.91. The van der Waals surface area contributed by atoms with Crippen LogP contribution in [0.25, 0.3) is 0 Å². The first kappa shape index (κ1) is 8.24. The van der Waals surface area contributed by atoms with Gasteiger partial charge in [0.15, 0.2) is 0 Å². The van der Waals surface area contributed by atoms with Gasteiger partial charge in [0.2, 0.25) is 11.8 Å². The van der Waals surface area contributed by atoms with Crippen molar-refractivity contribution in [3.8, 4) is 0 Å². The number of hydrogen-bond donors (Lipinski definition) is 1. The van der Waals surface area contributed by atoms with Crippen molar-refractivity contribution in [1.29, 1.82) is 0 Å². The smallest absolute Gasteiger partial charge is 0.230 e. The second kappa shape index (κ2) is 3.03. The van der Waals surface area contributed by atoms with E-state index in [4.69, 9.17) is 0 Å². The summed E-state index contributed by atoms with van der Waals surface area (Å²) >= 11 is 0. The SMILES string of the molecule is CC[C@@H](C)[C@H]1CC(=O)NC1=O. The Morgan fingerprint density at radius 1 is 1.64 bits per heavy atom. The van der Waals surface area contributed by atoms with Crippen molar-refractivity contribution in [3.63, 3.8) is 0 Å². The molecule has 3 heteroatoms. The molecule has 1 N–H and O–H groups in total. The number of imide groups is 1. The van der Waals surface area contributed by atoms with Gasteiger partial charge < -0.3 is 0 Å². The lowest BCUT2D eigenvalue weighted by molar-refractivity contribution is -0.126. The van der Waals surface area contributed by atoms with Crippen LogP contribution in [0.4, 0.5) is 0 Å². The predicted molar refractivity (Wildman–Crippen MR) is 40.7 cm³/mol. The second-order valence-corrected chi connectivity index (χ2v) is 3.11. The molecule has 0 saturated carbocycles. The van der Waals surface area contributed by atoms with Gasteiger partial charge in [-0.05, 0) is 5.92 Å². The third kappa shape index (κ3) is 1.59. The molecular weight excluding hydrogens is 142 g/mol. The average molecular weight is 155 g/mol. The molecule has 1 heterocycles. The van der Waals surface area contributed by atoms with Crippen LogP contribution in [-0.2, 0) is 9.59 Å². The quantitative estimate of drug-likeness (QED) is 0.596. The normalized spacial score (nSPS) is 26.9. The number of rotatable bonds is 2. The topological polar surface area (TPSA) is 46.2 Å². The summed E-state index contributed by atoms with van der Waals surface area (Å²) in [5, 5.41) is 2.30. The summed E-state index contributed by atoms with van der Waals surface area (Å²) in [4.78, 5) is 21.8. The first-order chi connectivity index (χ1) is 5.15. The Balaban J connectivity index is 2.59. The van der Waals surface area contributed by atoms with E-state index in [1.54, 1.807) is 0 Å². The largest absolute Gasteiger partial charge is 0.296 e. The van der Waals surface area contributed by atoms with Crippen molar-refractivity contribution in [2.75, 3.05) is 0 Å². The average Bonchev–Trinajstić information content (AvgIpc) is 2.28. The van der Waals surface area contributed by atoms with Gasteiger partial charge in [0, 0.05) is 12.3 Å². The van der Waals surface area contributed by atoms with E-state index in [1.165, 1.54) is 0 Å². The van der Waals surface area contributed by atoms with Crippen molar-refractivity contribution in [2.45, 2.75) is 26.7 Å². The van der Waals surface area contributed by atoms with E-state index >= 15 is 0 Å². The van der Waals surface area contributed by atoms with Crippen molar-refractivity contribution in [1.82, 2.24) is 5.32 Å². The zero-order chi connectivity index (χ0) is 8.43. The minimum Gasteiger partial charge on any atom is -0.296 e. The fourth-order valence-corrected chi connectivity index (χ4v) is 1.32. The lowest BCUT2D eigenvalue weighted by Crippen LogP contribution is -2.24. The lowest BCUT2D eigenvalue weighted by Gasteiger charge is -2.12. The van der Waals surface area contributed by atoms with Crippen LogP contribution in [0.2, 0.25) is 0 Å². The van der Waals surface area contributed by atoms with E-state index in [1.807, 2.05) is 13.8 Å². The highest BCUT2D eigenvalue weighted by atomic mass is 16.2.